The Morgan fingerprint density at radius 3 is 2.39 bits per heavy atom. The molecule has 0 radical (unpaired) electrons. The third-order valence-corrected chi connectivity index (χ3v) is 3.60. The number of carbonyl (C=O) groups is 1. The molecule has 0 aliphatic heterocycles. The molecule has 0 saturated heterocycles. The van der Waals surface area contributed by atoms with E-state index in [1.807, 2.05) is 0 Å². The molecule has 94 valence electrons. The van der Waals surface area contributed by atoms with Crippen molar-refractivity contribution in [2.24, 2.45) is 0 Å². The SMILES string of the molecule is CS(=O)(=O)c1ccc2ccc(NC(=O)O)cc2c1. The zero-order valence-electron chi connectivity index (χ0n) is 9.54. The number of rotatable bonds is 2. The van der Waals surface area contributed by atoms with Crippen LogP contribution >= 0.6 is 0 Å². The van der Waals surface area contributed by atoms with Crippen molar-refractivity contribution in [3.63, 3.8) is 0 Å². The van der Waals surface area contributed by atoms with Crippen molar-refractivity contribution in [2.45, 2.75) is 4.90 Å². The van der Waals surface area contributed by atoms with Crippen LogP contribution < -0.4 is 5.32 Å². The number of nitrogens with one attached hydrogen (secondary N) is 1. The second-order valence-corrected chi connectivity index (χ2v) is 5.94. The van der Waals surface area contributed by atoms with Crippen LogP contribution in [-0.2, 0) is 9.84 Å². The van der Waals surface area contributed by atoms with Crippen molar-refractivity contribution in [3.05, 3.63) is 36.4 Å². The lowest BCUT2D eigenvalue weighted by molar-refractivity contribution is 0.210. The Bertz CT molecular complexity index is 722. The van der Waals surface area contributed by atoms with Crippen LogP contribution in [-0.4, -0.2) is 25.9 Å². The van der Waals surface area contributed by atoms with Gasteiger partial charge in [-0.2, -0.15) is 0 Å². The minimum absolute atomic E-state index is 0.211. The van der Waals surface area contributed by atoms with Crippen LogP contribution in [0.5, 0.6) is 0 Å². The number of carboxylic acid groups (broad SMARTS) is 1. The summed E-state index contributed by atoms with van der Waals surface area (Å²) in [5.41, 5.74) is 0.403. The number of anilines is 1. The Morgan fingerprint density at radius 2 is 1.78 bits per heavy atom. The first-order valence-corrected chi connectivity index (χ1v) is 6.99. The van der Waals surface area contributed by atoms with Gasteiger partial charge in [0.25, 0.3) is 0 Å². The summed E-state index contributed by atoms with van der Waals surface area (Å²) in [6.07, 6.45) is -0.0262. The molecule has 0 heterocycles. The van der Waals surface area contributed by atoms with E-state index in [0.29, 0.717) is 11.1 Å². The third kappa shape index (κ3) is 2.60. The Kier molecular flexibility index (Phi) is 2.96. The first-order chi connectivity index (χ1) is 8.36. The highest BCUT2D eigenvalue weighted by molar-refractivity contribution is 7.90. The van der Waals surface area contributed by atoms with Gasteiger partial charge in [0.2, 0.25) is 0 Å². The van der Waals surface area contributed by atoms with Gasteiger partial charge in [0.1, 0.15) is 0 Å². The predicted molar refractivity (Wildman–Crippen MR) is 68.7 cm³/mol. The number of sulfone groups is 1. The van der Waals surface area contributed by atoms with E-state index in [2.05, 4.69) is 5.32 Å². The number of amides is 1. The van der Waals surface area contributed by atoms with Crippen molar-refractivity contribution in [2.75, 3.05) is 11.6 Å². The number of benzene rings is 2. The van der Waals surface area contributed by atoms with E-state index in [1.165, 1.54) is 12.1 Å². The fraction of sp³-hybridized carbons (Fsp3) is 0.0833. The summed E-state index contributed by atoms with van der Waals surface area (Å²) >= 11 is 0. The standard InChI is InChI=1S/C12H11NO4S/c1-18(16,17)11-5-3-8-2-4-10(13-12(14)15)6-9(8)7-11/h2-7,13H,1H3,(H,14,15). The first kappa shape index (κ1) is 12.4. The summed E-state index contributed by atoms with van der Waals surface area (Å²) in [5.74, 6) is 0. The molecule has 0 aromatic heterocycles. The fourth-order valence-corrected chi connectivity index (χ4v) is 2.31. The molecule has 0 saturated carbocycles. The van der Waals surface area contributed by atoms with E-state index in [1.54, 1.807) is 24.3 Å². The predicted octanol–water partition coefficient (Wildman–Crippen LogP) is 2.33. The van der Waals surface area contributed by atoms with Crippen LogP contribution in [0, 0.1) is 0 Å². The lowest BCUT2D eigenvalue weighted by Gasteiger charge is -2.05. The molecule has 0 bridgehead atoms. The second-order valence-electron chi connectivity index (χ2n) is 3.93. The average Bonchev–Trinajstić information content (AvgIpc) is 2.26. The molecular formula is C12H11NO4S. The molecular weight excluding hydrogens is 254 g/mol. The number of fused-ring (bicyclic) bond motifs is 1. The zero-order valence-corrected chi connectivity index (χ0v) is 10.4. The van der Waals surface area contributed by atoms with Crippen LogP contribution in [0.25, 0.3) is 10.8 Å². The van der Waals surface area contributed by atoms with Gasteiger partial charge in [0.05, 0.1) is 4.90 Å². The Hall–Kier alpha value is -2.08. The van der Waals surface area contributed by atoms with Crippen LogP contribution in [0.15, 0.2) is 41.3 Å². The Morgan fingerprint density at radius 1 is 1.11 bits per heavy atom. The topological polar surface area (TPSA) is 83.5 Å². The number of hydrogen-bond acceptors (Lipinski definition) is 3. The van der Waals surface area contributed by atoms with Crippen LogP contribution in [0.4, 0.5) is 10.5 Å². The Labute approximate surface area is 104 Å². The fourth-order valence-electron chi connectivity index (χ4n) is 1.66. The van der Waals surface area contributed by atoms with Crippen LogP contribution in [0.3, 0.4) is 0 Å². The minimum Gasteiger partial charge on any atom is -0.465 e. The zero-order chi connectivity index (χ0) is 13.3. The van der Waals surface area contributed by atoms with Gasteiger partial charge in [0.15, 0.2) is 9.84 Å². The molecule has 2 N–H and O–H groups in total. The third-order valence-electron chi connectivity index (χ3n) is 2.49. The summed E-state index contributed by atoms with van der Waals surface area (Å²) in [5, 5.41) is 12.4. The lowest BCUT2D eigenvalue weighted by Crippen LogP contribution is -2.06. The van der Waals surface area contributed by atoms with Gasteiger partial charge in [-0.05, 0) is 35.0 Å². The van der Waals surface area contributed by atoms with Crippen molar-refractivity contribution >= 4 is 32.4 Å². The monoisotopic (exact) mass is 265 g/mol. The summed E-state index contributed by atoms with van der Waals surface area (Å²) < 4.78 is 22.9. The molecule has 2 aromatic rings. The van der Waals surface area contributed by atoms with Crippen molar-refractivity contribution in [3.8, 4) is 0 Å². The summed E-state index contributed by atoms with van der Waals surface area (Å²) in [6.45, 7) is 0. The van der Waals surface area contributed by atoms with E-state index in [4.69, 9.17) is 5.11 Å². The highest BCUT2D eigenvalue weighted by Crippen LogP contribution is 2.22. The van der Waals surface area contributed by atoms with Gasteiger partial charge in [-0.3, -0.25) is 5.32 Å². The molecule has 6 heteroatoms. The van der Waals surface area contributed by atoms with Gasteiger partial charge in [-0.1, -0.05) is 12.1 Å². The maximum Gasteiger partial charge on any atom is 0.409 e. The van der Waals surface area contributed by atoms with Crippen molar-refractivity contribution < 1.29 is 18.3 Å². The smallest absolute Gasteiger partial charge is 0.409 e. The van der Waals surface area contributed by atoms with E-state index < -0.39 is 15.9 Å². The van der Waals surface area contributed by atoms with E-state index in [-0.39, 0.29) is 4.90 Å². The molecule has 0 aliphatic carbocycles. The summed E-state index contributed by atoms with van der Waals surface area (Å²) in [6, 6.07) is 9.69. The molecule has 0 fully saturated rings. The van der Waals surface area contributed by atoms with Gasteiger partial charge in [-0.25, -0.2) is 13.2 Å². The average molecular weight is 265 g/mol. The Balaban J connectivity index is 2.56. The highest BCUT2D eigenvalue weighted by atomic mass is 32.2. The van der Waals surface area contributed by atoms with Crippen molar-refractivity contribution in [1.82, 2.24) is 0 Å². The van der Waals surface area contributed by atoms with Crippen LogP contribution in [0.2, 0.25) is 0 Å². The highest BCUT2D eigenvalue weighted by Gasteiger charge is 2.08. The maximum absolute atomic E-state index is 11.4. The summed E-state index contributed by atoms with van der Waals surface area (Å²) in [7, 11) is -3.27. The molecule has 0 atom stereocenters. The van der Waals surface area contributed by atoms with Gasteiger partial charge >= 0.3 is 6.09 Å². The molecule has 2 aromatic carbocycles. The van der Waals surface area contributed by atoms with Gasteiger partial charge in [0, 0.05) is 11.9 Å². The van der Waals surface area contributed by atoms with Gasteiger partial charge < -0.3 is 5.11 Å². The largest absolute Gasteiger partial charge is 0.465 e. The number of hydrogen-bond donors (Lipinski definition) is 2. The normalized spacial score (nSPS) is 11.4. The molecule has 0 unspecified atom stereocenters. The van der Waals surface area contributed by atoms with Crippen LogP contribution in [0.1, 0.15) is 0 Å². The summed E-state index contributed by atoms with van der Waals surface area (Å²) in [4.78, 5) is 10.7. The molecule has 5 nitrogen and oxygen atoms in total. The molecule has 0 aliphatic rings. The second kappa shape index (κ2) is 4.30. The molecule has 18 heavy (non-hydrogen) atoms. The molecule has 2 rings (SSSR count). The minimum atomic E-state index is -3.27. The van der Waals surface area contributed by atoms with E-state index >= 15 is 0 Å². The molecule has 0 spiro atoms. The lowest BCUT2D eigenvalue weighted by atomic mass is 10.1. The maximum atomic E-state index is 11.4. The first-order valence-electron chi connectivity index (χ1n) is 5.10. The quantitative estimate of drug-likeness (QED) is 0.872. The van der Waals surface area contributed by atoms with Gasteiger partial charge in [-0.15, -0.1) is 0 Å². The van der Waals surface area contributed by atoms with E-state index in [9.17, 15) is 13.2 Å². The molecule has 1 amide bonds. The van der Waals surface area contributed by atoms with E-state index in [0.717, 1.165) is 11.6 Å². The van der Waals surface area contributed by atoms with Crippen molar-refractivity contribution in [1.29, 1.82) is 0 Å².